The molecule has 1 fully saturated rings. The zero-order chi connectivity index (χ0) is 20.9. The molecule has 1 saturated carbocycles. The number of carbonyl (C=O) groups excluding carboxylic acids is 2. The number of hydrogen-bond donors (Lipinski definition) is 2. The molecule has 0 bridgehead atoms. The van der Waals surface area contributed by atoms with Crippen LogP contribution in [0.2, 0.25) is 0 Å². The number of rotatable bonds is 8. The third-order valence-corrected chi connectivity index (χ3v) is 5.14. The van der Waals surface area contributed by atoms with E-state index in [9.17, 15) is 22.8 Å². The van der Waals surface area contributed by atoms with Gasteiger partial charge in [-0.1, -0.05) is 0 Å². The monoisotopic (exact) mass is 424 g/mol. The van der Waals surface area contributed by atoms with Crippen LogP contribution < -0.4 is 10.6 Å². The van der Waals surface area contributed by atoms with Gasteiger partial charge in [0.25, 0.3) is 0 Å². The van der Waals surface area contributed by atoms with E-state index in [0.717, 1.165) is 25.0 Å². The molecule has 1 aliphatic carbocycles. The second-order valence-corrected chi connectivity index (χ2v) is 7.71. The Labute approximate surface area is 169 Å². The fourth-order valence-electron chi connectivity index (χ4n) is 2.41. The van der Waals surface area contributed by atoms with E-state index in [-0.39, 0.29) is 24.2 Å². The summed E-state index contributed by atoms with van der Waals surface area (Å²) in [6, 6.07) is 7.76. The lowest BCUT2D eigenvalue weighted by Crippen LogP contribution is -2.14. The Bertz CT molecular complexity index is 853. The molecule has 3 rings (SSSR count). The maximum Gasteiger partial charge on any atom is 0.416 e. The highest BCUT2D eigenvalue weighted by molar-refractivity contribution is 7.99. The molecule has 10 heteroatoms. The van der Waals surface area contributed by atoms with E-state index in [1.54, 1.807) is 12.1 Å². The first-order valence-corrected chi connectivity index (χ1v) is 10.0. The van der Waals surface area contributed by atoms with Gasteiger partial charge in [0.15, 0.2) is 5.82 Å². The van der Waals surface area contributed by atoms with E-state index in [1.807, 2.05) is 0 Å². The Morgan fingerprint density at radius 2 is 1.76 bits per heavy atom. The molecule has 0 aliphatic heterocycles. The molecular weight excluding hydrogens is 405 g/mol. The zero-order valence-corrected chi connectivity index (χ0v) is 16.1. The summed E-state index contributed by atoms with van der Waals surface area (Å²) in [5.41, 5.74) is -0.434. The molecule has 6 nitrogen and oxygen atoms in total. The Hall–Kier alpha value is -2.62. The van der Waals surface area contributed by atoms with E-state index >= 15 is 0 Å². The normalized spacial score (nSPS) is 13.8. The standard InChI is InChI=1S/C19H19F3N4O2S/c20-19(21,22)13-5-7-14(8-6-13)23-16(27)2-1-11-29-17-10-9-15(25-26-17)24-18(28)12-3-4-12/h5-10,12H,1-4,11H2,(H,23,27)(H,24,25,28). The number of aromatic nitrogens is 2. The van der Waals surface area contributed by atoms with Crippen LogP contribution in [-0.2, 0) is 15.8 Å². The maximum atomic E-state index is 12.5. The summed E-state index contributed by atoms with van der Waals surface area (Å²) in [7, 11) is 0. The van der Waals surface area contributed by atoms with Crippen molar-refractivity contribution in [3.05, 3.63) is 42.0 Å². The number of hydrogen-bond acceptors (Lipinski definition) is 5. The van der Waals surface area contributed by atoms with E-state index in [0.29, 0.717) is 28.7 Å². The van der Waals surface area contributed by atoms with Crippen LogP contribution in [0.15, 0.2) is 41.4 Å². The van der Waals surface area contributed by atoms with Crippen LogP contribution in [0, 0.1) is 5.92 Å². The third kappa shape index (κ3) is 6.74. The summed E-state index contributed by atoms with van der Waals surface area (Å²) >= 11 is 1.43. The first kappa shape index (κ1) is 21.1. The lowest BCUT2D eigenvalue weighted by atomic mass is 10.2. The smallest absolute Gasteiger partial charge is 0.326 e. The van der Waals surface area contributed by atoms with Crippen molar-refractivity contribution in [2.45, 2.75) is 36.9 Å². The van der Waals surface area contributed by atoms with Crippen LogP contribution >= 0.6 is 11.8 Å². The number of halogens is 3. The number of amides is 2. The van der Waals surface area contributed by atoms with Gasteiger partial charge in [-0.25, -0.2) is 0 Å². The molecule has 1 heterocycles. The van der Waals surface area contributed by atoms with Gasteiger partial charge in [-0.15, -0.1) is 22.0 Å². The minimum absolute atomic E-state index is 0.0289. The Balaban J connectivity index is 1.35. The third-order valence-electron chi connectivity index (χ3n) is 4.13. The van der Waals surface area contributed by atoms with Gasteiger partial charge in [-0.3, -0.25) is 9.59 Å². The highest BCUT2D eigenvalue weighted by Crippen LogP contribution is 2.30. The van der Waals surface area contributed by atoms with Crippen molar-refractivity contribution < 1.29 is 22.8 Å². The van der Waals surface area contributed by atoms with E-state index in [4.69, 9.17) is 0 Å². The van der Waals surface area contributed by atoms with Crippen LogP contribution in [0.25, 0.3) is 0 Å². The van der Waals surface area contributed by atoms with Crippen LogP contribution in [0.3, 0.4) is 0 Å². The van der Waals surface area contributed by atoms with Gasteiger partial charge >= 0.3 is 6.18 Å². The van der Waals surface area contributed by atoms with Gasteiger partial charge in [0.1, 0.15) is 5.03 Å². The fourth-order valence-corrected chi connectivity index (χ4v) is 3.17. The molecule has 2 amide bonds. The molecule has 0 spiro atoms. The number of nitrogens with one attached hydrogen (secondary N) is 2. The molecular formula is C19H19F3N4O2S. The minimum Gasteiger partial charge on any atom is -0.326 e. The average molecular weight is 424 g/mol. The SMILES string of the molecule is O=C(CCCSc1ccc(NC(=O)C2CC2)nn1)Nc1ccc(C(F)(F)F)cc1. The topological polar surface area (TPSA) is 84.0 Å². The van der Waals surface area contributed by atoms with E-state index in [2.05, 4.69) is 20.8 Å². The zero-order valence-electron chi connectivity index (χ0n) is 15.3. The molecule has 0 saturated heterocycles. The summed E-state index contributed by atoms with van der Waals surface area (Å²) in [5.74, 6) is 0.846. The van der Waals surface area contributed by atoms with E-state index < -0.39 is 11.7 Å². The molecule has 29 heavy (non-hydrogen) atoms. The van der Waals surface area contributed by atoms with Crippen molar-refractivity contribution in [2.24, 2.45) is 5.92 Å². The van der Waals surface area contributed by atoms with Crippen molar-refractivity contribution in [1.82, 2.24) is 10.2 Å². The summed E-state index contributed by atoms with van der Waals surface area (Å²) in [6.45, 7) is 0. The molecule has 0 unspecified atom stereocenters. The molecule has 1 aromatic carbocycles. The summed E-state index contributed by atoms with van der Waals surface area (Å²) in [4.78, 5) is 23.6. The van der Waals surface area contributed by atoms with Gasteiger partial charge in [0, 0.05) is 23.8 Å². The van der Waals surface area contributed by atoms with Crippen LogP contribution in [-0.4, -0.2) is 27.8 Å². The summed E-state index contributed by atoms with van der Waals surface area (Å²) in [6.07, 6.45) is -1.76. The summed E-state index contributed by atoms with van der Waals surface area (Å²) in [5, 5.41) is 14.0. The Kier molecular flexibility index (Phi) is 6.73. The van der Waals surface area contributed by atoms with E-state index in [1.165, 1.54) is 23.9 Å². The highest BCUT2D eigenvalue weighted by Gasteiger charge is 2.30. The van der Waals surface area contributed by atoms with Crippen molar-refractivity contribution >= 4 is 35.1 Å². The van der Waals surface area contributed by atoms with Crippen LogP contribution in [0.4, 0.5) is 24.7 Å². The van der Waals surface area contributed by atoms with Gasteiger partial charge in [-0.2, -0.15) is 13.2 Å². The maximum absolute atomic E-state index is 12.5. The highest BCUT2D eigenvalue weighted by atomic mass is 32.2. The van der Waals surface area contributed by atoms with Gasteiger partial charge in [0.05, 0.1) is 5.56 Å². The predicted molar refractivity (Wildman–Crippen MR) is 103 cm³/mol. The van der Waals surface area contributed by atoms with Crippen molar-refractivity contribution in [1.29, 1.82) is 0 Å². The number of nitrogens with zero attached hydrogens (tertiary/aromatic N) is 2. The molecule has 2 N–H and O–H groups in total. The number of benzene rings is 1. The first-order valence-electron chi connectivity index (χ1n) is 9.06. The molecule has 1 aromatic heterocycles. The van der Waals surface area contributed by atoms with Gasteiger partial charge < -0.3 is 10.6 Å². The van der Waals surface area contributed by atoms with Gasteiger partial charge in [0.2, 0.25) is 11.8 Å². The first-order chi connectivity index (χ1) is 13.8. The second kappa shape index (κ2) is 9.25. The number of thioether (sulfide) groups is 1. The predicted octanol–water partition coefficient (Wildman–Crippen LogP) is 4.35. The van der Waals surface area contributed by atoms with Gasteiger partial charge in [-0.05, 0) is 55.7 Å². The van der Waals surface area contributed by atoms with Crippen LogP contribution in [0.1, 0.15) is 31.2 Å². The number of anilines is 2. The van der Waals surface area contributed by atoms with Crippen LogP contribution in [0.5, 0.6) is 0 Å². The molecule has 154 valence electrons. The lowest BCUT2D eigenvalue weighted by Gasteiger charge is -2.08. The van der Waals surface area contributed by atoms with Crippen molar-refractivity contribution in [3.8, 4) is 0 Å². The minimum atomic E-state index is -4.40. The second-order valence-electron chi connectivity index (χ2n) is 6.60. The largest absolute Gasteiger partial charge is 0.416 e. The molecule has 0 atom stereocenters. The average Bonchev–Trinajstić information content (AvgIpc) is 3.51. The number of alkyl halides is 3. The Morgan fingerprint density at radius 1 is 1.03 bits per heavy atom. The van der Waals surface area contributed by atoms with Crippen molar-refractivity contribution in [2.75, 3.05) is 16.4 Å². The molecule has 1 aliphatic rings. The Morgan fingerprint density at radius 3 is 2.34 bits per heavy atom. The fraction of sp³-hybridized carbons (Fsp3) is 0.368. The molecule has 2 aromatic rings. The van der Waals surface area contributed by atoms with Crippen molar-refractivity contribution in [3.63, 3.8) is 0 Å². The molecule has 0 radical (unpaired) electrons. The number of carbonyl (C=O) groups is 2. The lowest BCUT2D eigenvalue weighted by molar-refractivity contribution is -0.137. The quantitative estimate of drug-likeness (QED) is 0.486. The summed E-state index contributed by atoms with van der Waals surface area (Å²) < 4.78 is 37.6.